The predicted molar refractivity (Wildman–Crippen MR) is 113 cm³/mol. The molecular formula is C22H27FN4O3. The molecular weight excluding hydrogens is 387 g/mol. The average Bonchev–Trinajstić information content (AvgIpc) is 3.08. The Morgan fingerprint density at radius 3 is 2.73 bits per heavy atom. The lowest BCUT2D eigenvalue weighted by Crippen LogP contribution is -2.03. The number of aromatic nitrogens is 3. The van der Waals surface area contributed by atoms with E-state index in [4.69, 9.17) is 10.5 Å². The van der Waals surface area contributed by atoms with Gasteiger partial charge in [0, 0.05) is 24.4 Å². The summed E-state index contributed by atoms with van der Waals surface area (Å²) in [5.41, 5.74) is 8.79. The van der Waals surface area contributed by atoms with Crippen LogP contribution in [0.2, 0.25) is 0 Å². The minimum atomic E-state index is -0.790. The van der Waals surface area contributed by atoms with Crippen LogP contribution in [0.3, 0.4) is 0 Å². The first kappa shape index (κ1) is 21.6. The molecule has 3 rings (SSSR count). The Morgan fingerprint density at radius 1 is 1.20 bits per heavy atom. The van der Waals surface area contributed by atoms with Gasteiger partial charge in [-0.15, -0.1) is 0 Å². The molecule has 1 atom stereocenters. The molecule has 1 aromatic carbocycles. The second kappa shape index (κ2) is 9.58. The number of nitrogen functional groups attached to an aromatic ring is 1. The minimum Gasteiger partial charge on any atom is -0.504 e. The monoisotopic (exact) mass is 414 g/mol. The third-order valence-electron chi connectivity index (χ3n) is 4.96. The van der Waals surface area contributed by atoms with E-state index in [1.54, 1.807) is 29.9 Å². The minimum absolute atomic E-state index is 0.0471. The topological polar surface area (TPSA) is 106 Å². The Bertz CT molecular complexity index is 1000. The number of aromatic hydroxyl groups is 1. The van der Waals surface area contributed by atoms with E-state index < -0.39 is 11.9 Å². The van der Waals surface area contributed by atoms with Crippen LogP contribution in [0.5, 0.6) is 11.5 Å². The average molecular weight is 414 g/mol. The largest absolute Gasteiger partial charge is 0.504 e. The lowest BCUT2D eigenvalue weighted by atomic mass is 10.0. The molecule has 8 heteroatoms. The summed E-state index contributed by atoms with van der Waals surface area (Å²) in [7, 11) is 1.85. The Labute approximate surface area is 174 Å². The highest BCUT2D eigenvalue weighted by Crippen LogP contribution is 2.29. The fraction of sp³-hybridized carbons (Fsp3) is 0.364. The van der Waals surface area contributed by atoms with Crippen LogP contribution in [0.1, 0.15) is 43.4 Å². The van der Waals surface area contributed by atoms with Crippen molar-refractivity contribution in [3.63, 3.8) is 0 Å². The number of aliphatic hydroxyl groups excluding tert-OH is 1. The Kier molecular flexibility index (Phi) is 6.89. The molecule has 0 saturated carbocycles. The summed E-state index contributed by atoms with van der Waals surface area (Å²) in [5, 5.41) is 23.9. The van der Waals surface area contributed by atoms with Gasteiger partial charge in [0.15, 0.2) is 11.6 Å². The van der Waals surface area contributed by atoms with Gasteiger partial charge < -0.3 is 20.7 Å². The van der Waals surface area contributed by atoms with E-state index in [-0.39, 0.29) is 11.6 Å². The van der Waals surface area contributed by atoms with Crippen molar-refractivity contribution in [2.75, 3.05) is 12.3 Å². The third-order valence-corrected chi connectivity index (χ3v) is 4.96. The van der Waals surface area contributed by atoms with Gasteiger partial charge >= 0.3 is 0 Å². The number of aryl methyl sites for hydroxylation is 2. The Morgan fingerprint density at radius 2 is 2.00 bits per heavy atom. The van der Waals surface area contributed by atoms with Crippen molar-refractivity contribution in [3.8, 4) is 22.8 Å². The van der Waals surface area contributed by atoms with Crippen molar-refractivity contribution in [1.29, 1.82) is 0 Å². The molecule has 0 fully saturated rings. The van der Waals surface area contributed by atoms with Crippen LogP contribution in [0.4, 0.5) is 10.2 Å². The zero-order chi connectivity index (χ0) is 21.7. The van der Waals surface area contributed by atoms with Crippen molar-refractivity contribution < 1.29 is 19.3 Å². The van der Waals surface area contributed by atoms with E-state index in [1.807, 2.05) is 13.2 Å². The van der Waals surface area contributed by atoms with E-state index in [1.165, 1.54) is 12.1 Å². The number of rotatable bonds is 9. The van der Waals surface area contributed by atoms with Crippen molar-refractivity contribution in [3.05, 3.63) is 53.6 Å². The molecule has 4 N–H and O–H groups in total. The fourth-order valence-electron chi connectivity index (χ4n) is 3.39. The predicted octanol–water partition coefficient (Wildman–Crippen LogP) is 3.75. The first-order valence-electron chi connectivity index (χ1n) is 9.93. The molecule has 2 heterocycles. The number of pyridine rings is 1. The summed E-state index contributed by atoms with van der Waals surface area (Å²) in [6.45, 7) is 2.07. The highest BCUT2D eigenvalue weighted by molar-refractivity contribution is 5.66. The summed E-state index contributed by atoms with van der Waals surface area (Å²) in [4.78, 5) is 4.02. The standard InChI is InChI=1S/C22H27FN4O3/c1-14(28)18-11-17(23)7-8-20(18)30-9-5-3-4-6-15-13-26-27(2)21(15)16-10-19(29)22(24)25-12-16/h7-8,10-14,28-29H,3-6,9H2,1-2H3,(H2,24,25). The normalized spacial score (nSPS) is 12.1. The van der Waals surface area contributed by atoms with E-state index in [9.17, 15) is 14.6 Å². The number of benzene rings is 1. The van der Waals surface area contributed by atoms with Gasteiger partial charge in [-0.2, -0.15) is 5.10 Å². The van der Waals surface area contributed by atoms with Crippen LogP contribution in [0, 0.1) is 5.82 Å². The third kappa shape index (κ3) is 5.07. The number of hydrogen-bond donors (Lipinski definition) is 3. The second-order valence-electron chi connectivity index (χ2n) is 7.29. The fourth-order valence-corrected chi connectivity index (χ4v) is 3.39. The molecule has 2 aromatic heterocycles. The number of ether oxygens (including phenoxy) is 1. The highest BCUT2D eigenvalue weighted by Gasteiger charge is 2.13. The maximum Gasteiger partial charge on any atom is 0.165 e. The number of hydrogen-bond acceptors (Lipinski definition) is 6. The van der Waals surface area contributed by atoms with Crippen molar-refractivity contribution in [1.82, 2.24) is 14.8 Å². The summed E-state index contributed by atoms with van der Waals surface area (Å²) >= 11 is 0. The lowest BCUT2D eigenvalue weighted by Gasteiger charge is -2.13. The van der Waals surface area contributed by atoms with Gasteiger partial charge in [-0.1, -0.05) is 0 Å². The number of nitrogens with two attached hydrogens (primary N) is 1. The van der Waals surface area contributed by atoms with Crippen LogP contribution in [0.25, 0.3) is 11.3 Å². The molecule has 0 spiro atoms. The SMILES string of the molecule is CC(O)c1cc(F)ccc1OCCCCCc1cnn(C)c1-c1cnc(N)c(O)c1. The molecule has 0 aliphatic heterocycles. The number of unbranched alkanes of at least 4 members (excludes halogenated alkanes) is 2. The molecule has 7 nitrogen and oxygen atoms in total. The van der Waals surface area contributed by atoms with Gasteiger partial charge in [-0.3, -0.25) is 4.68 Å². The lowest BCUT2D eigenvalue weighted by molar-refractivity contribution is 0.190. The summed E-state index contributed by atoms with van der Waals surface area (Å²) in [6.07, 6.45) is 6.19. The summed E-state index contributed by atoms with van der Waals surface area (Å²) in [5.74, 6) is 0.170. The zero-order valence-electron chi connectivity index (χ0n) is 17.2. The van der Waals surface area contributed by atoms with Gasteiger partial charge in [-0.05, 0) is 62.4 Å². The molecule has 0 aliphatic rings. The van der Waals surface area contributed by atoms with E-state index in [2.05, 4.69) is 10.1 Å². The molecule has 0 aliphatic carbocycles. The molecule has 0 bridgehead atoms. The van der Waals surface area contributed by atoms with Crippen LogP contribution < -0.4 is 10.5 Å². The highest BCUT2D eigenvalue weighted by atomic mass is 19.1. The van der Waals surface area contributed by atoms with Crippen molar-refractivity contribution in [2.45, 2.75) is 38.7 Å². The Hall–Kier alpha value is -3.13. The first-order chi connectivity index (χ1) is 14.4. The molecule has 0 amide bonds. The van der Waals surface area contributed by atoms with Crippen molar-refractivity contribution >= 4 is 5.82 Å². The Balaban J connectivity index is 1.52. The summed E-state index contributed by atoms with van der Waals surface area (Å²) < 4.78 is 20.9. The molecule has 160 valence electrons. The van der Waals surface area contributed by atoms with Crippen LogP contribution in [-0.4, -0.2) is 31.6 Å². The quantitative estimate of drug-likeness (QED) is 0.461. The first-order valence-corrected chi connectivity index (χ1v) is 9.93. The van der Waals surface area contributed by atoms with E-state index >= 15 is 0 Å². The van der Waals surface area contributed by atoms with Crippen LogP contribution >= 0.6 is 0 Å². The van der Waals surface area contributed by atoms with Crippen LogP contribution in [0.15, 0.2) is 36.7 Å². The van der Waals surface area contributed by atoms with Gasteiger partial charge in [0.1, 0.15) is 11.6 Å². The number of anilines is 1. The summed E-state index contributed by atoms with van der Waals surface area (Å²) in [6, 6.07) is 5.78. The van der Waals surface area contributed by atoms with Gasteiger partial charge in [0.2, 0.25) is 0 Å². The van der Waals surface area contributed by atoms with Gasteiger partial charge in [-0.25, -0.2) is 9.37 Å². The number of halogens is 1. The second-order valence-corrected chi connectivity index (χ2v) is 7.29. The molecule has 0 radical (unpaired) electrons. The molecule has 1 unspecified atom stereocenters. The number of nitrogens with zero attached hydrogens (tertiary/aromatic N) is 3. The molecule has 30 heavy (non-hydrogen) atoms. The smallest absolute Gasteiger partial charge is 0.165 e. The van der Waals surface area contributed by atoms with Crippen LogP contribution in [-0.2, 0) is 13.5 Å². The number of aliphatic hydroxyl groups is 1. The van der Waals surface area contributed by atoms with Crippen molar-refractivity contribution in [2.24, 2.45) is 7.05 Å². The van der Waals surface area contributed by atoms with Gasteiger partial charge in [0.25, 0.3) is 0 Å². The maximum absolute atomic E-state index is 13.4. The van der Waals surface area contributed by atoms with E-state index in [0.717, 1.165) is 42.5 Å². The maximum atomic E-state index is 13.4. The zero-order valence-corrected chi connectivity index (χ0v) is 17.2. The molecule has 3 aromatic rings. The van der Waals surface area contributed by atoms with Gasteiger partial charge in [0.05, 0.1) is 24.6 Å². The molecule has 0 saturated heterocycles. The van der Waals surface area contributed by atoms with E-state index in [0.29, 0.717) is 17.9 Å².